The van der Waals surface area contributed by atoms with E-state index in [1.807, 2.05) is 0 Å². The minimum absolute atomic E-state index is 0.901. The summed E-state index contributed by atoms with van der Waals surface area (Å²) in [5.41, 5.74) is 2.40. The van der Waals surface area contributed by atoms with Crippen LogP contribution >= 0.6 is 15.9 Å². The van der Waals surface area contributed by atoms with Crippen molar-refractivity contribution in [2.75, 3.05) is 36.4 Å². The largest absolute Gasteiger partial charge is 0.369 e. The monoisotopic (exact) mass is 292 g/mol. The Morgan fingerprint density at radius 2 is 2.12 bits per heavy atom. The van der Waals surface area contributed by atoms with Crippen LogP contribution < -0.4 is 10.2 Å². The van der Waals surface area contributed by atoms with Crippen molar-refractivity contribution in [3.63, 3.8) is 0 Å². The van der Waals surface area contributed by atoms with Gasteiger partial charge in [-0.25, -0.2) is 0 Å². The minimum atomic E-state index is 0.901. The van der Waals surface area contributed by atoms with Crippen molar-refractivity contribution in [1.29, 1.82) is 0 Å². The Balaban J connectivity index is 2.08. The van der Waals surface area contributed by atoms with Crippen molar-refractivity contribution in [3.05, 3.63) is 29.8 Å². The predicted molar refractivity (Wildman–Crippen MR) is 76.8 cm³/mol. The molecule has 0 aromatic heterocycles. The van der Waals surface area contributed by atoms with Crippen molar-refractivity contribution in [1.82, 2.24) is 5.32 Å². The van der Waals surface area contributed by atoms with Crippen LogP contribution in [0.1, 0.15) is 12.0 Å². The number of alkyl halides is 1. The van der Waals surface area contributed by atoms with E-state index in [1.165, 1.54) is 5.69 Å². The number of hydrogen-bond acceptors (Lipinski definition) is 2. The highest BCUT2D eigenvalue weighted by Gasteiger charge is 2.09. The molecule has 0 aliphatic carbocycles. The molecular weight excluding hydrogens is 276 g/mol. The molecule has 0 unspecified atom stereocenters. The molecule has 1 N–H and O–H groups in total. The summed E-state index contributed by atoms with van der Waals surface area (Å²) in [6.07, 6.45) is 0.901. The third kappa shape index (κ3) is 3.76. The maximum Gasteiger partial charge on any atom is 0.0379 e. The lowest BCUT2D eigenvalue weighted by atomic mass is 10.1. The molecule has 0 radical (unpaired) electrons. The quantitative estimate of drug-likeness (QED) is 0.664. The van der Waals surface area contributed by atoms with Crippen LogP contribution in [0, 0.1) is 11.8 Å². The zero-order valence-corrected chi connectivity index (χ0v) is 11.5. The normalized spacial score (nSPS) is 15.2. The highest BCUT2D eigenvalue weighted by atomic mass is 79.9. The smallest absolute Gasteiger partial charge is 0.0379 e. The number of benzene rings is 1. The SMILES string of the molecule is BrCCC#Cc1cccc(N2CCNCC2)c1. The van der Waals surface area contributed by atoms with Gasteiger partial charge in [-0.15, -0.1) is 0 Å². The number of hydrogen-bond donors (Lipinski definition) is 1. The molecule has 17 heavy (non-hydrogen) atoms. The summed E-state index contributed by atoms with van der Waals surface area (Å²) in [7, 11) is 0. The van der Waals surface area contributed by atoms with Crippen molar-refractivity contribution in [2.24, 2.45) is 0 Å². The molecule has 0 spiro atoms. The van der Waals surface area contributed by atoms with Crippen LogP contribution in [0.4, 0.5) is 5.69 Å². The van der Waals surface area contributed by atoms with Crippen LogP contribution in [0.2, 0.25) is 0 Å². The second kappa shape index (κ2) is 6.68. The van der Waals surface area contributed by atoms with Crippen molar-refractivity contribution >= 4 is 21.6 Å². The van der Waals surface area contributed by atoms with Crippen LogP contribution in [-0.4, -0.2) is 31.5 Å². The summed E-state index contributed by atoms with van der Waals surface area (Å²) < 4.78 is 0. The maximum atomic E-state index is 3.38. The van der Waals surface area contributed by atoms with Gasteiger partial charge in [0, 0.05) is 49.2 Å². The average molecular weight is 293 g/mol. The van der Waals surface area contributed by atoms with Gasteiger partial charge in [0.15, 0.2) is 0 Å². The van der Waals surface area contributed by atoms with Crippen LogP contribution in [0.3, 0.4) is 0 Å². The Morgan fingerprint density at radius 1 is 1.29 bits per heavy atom. The van der Waals surface area contributed by atoms with Gasteiger partial charge in [-0.2, -0.15) is 0 Å². The third-order valence-corrected chi connectivity index (χ3v) is 3.18. The molecule has 1 fully saturated rings. The molecule has 0 saturated carbocycles. The summed E-state index contributed by atoms with van der Waals surface area (Å²) in [5.74, 6) is 6.36. The molecule has 3 heteroatoms. The highest BCUT2D eigenvalue weighted by Crippen LogP contribution is 2.16. The molecule has 2 nitrogen and oxygen atoms in total. The molecule has 2 rings (SSSR count). The van der Waals surface area contributed by atoms with E-state index in [4.69, 9.17) is 0 Å². The summed E-state index contributed by atoms with van der Waals surface area (Å²) in [6.45, 7) is 4.30. The van der Waals surface area contributed by atoms with Gasteiger partial charge in [-0.1, -0.05) is 33.8 Å². The van der Waals surface area contributed by atoms with Crippen molar-refractivity contribution in [3.8, 4) is 11.8 Å². The molecule has 1 saturated heterocycles. The van der Waals surface area contributed by atoms with E-state index in [0.717, 1.165) is 43.5 Å². The molecule has 90 valence electrons. The van der Waals surface area contributed by atoms with E-state index in [2.05, 4.69) is 62.3 Å². The van der Waals surface area contributed by atoms with Gasteiger partial charge >= 0.3 is 0 Å². The highest BCUT2D eigenvalue weighted by molar-refractivity contribution is 9.09. The first kappa shape index (κ1) is 12.5. The van der Waals surface area contributed by atoms with Crippen LogP contribution in [0.25, 0.3) is 0 Å². The van der Waals surface area contributed by atoms with E-state index >= 15 is 0 Å². The number of nitrogens with zero attached hydrogens (tertiary/aromatic N) is 1. The second-order valence-electron chi connectivity index (χ2n) is 4.03. The zero-order valence-electron chi connectivity index (χ0n) is 9.88. The number of anilines is 1. The van der Waals surface area contributed by atoms with E-state index in [-0.39, 0.29) is 0 Å². The molecule has 1 heterocycles. The number of halogens is 1. The fourth-order valence-corrected chi connectivity index (χ4v) is 2.11. The number of rotatable bonds is 2. The lowest BCUT2D eigenvalue weighted by Gasteiger charge is -2.29. The Bertz CT molecular complexity index is 414. The van der Waals surface area contributed by atoms with E-state index in [0.29, 0.717) is 0 Å². The van der Waals surface area contributed by atoms with Gasteiger partial charge in [-0.05, 0) is 18.2 Å². The van der Waals surface area contributed by atoms with Crippen LogP contribution in [0.5, 0.6) is 0 Å². The summed E-state index contributed by atoms with van der Waals surface area (Å²) in [6, 6.07) is 8.52. The van der Waals surface area contributed by atoms with E-state index in [9.17, 15) is 0 Å². The Morgan fingerprint density at radius 3 is 2.88 bits per heavy atom. The lowest BCUT2D eigenvalue weighted by molar-refractivity contribution is 0.589. The van der Waals surface area contributed by atoms with Gasteiger partial charge in [-0.3, -0.25) is 0 Å². The first-order chi connectivity index (χ1) is 8.40. The van der Waals surface area contributed by atoms with Gasteiger partial charge < -0.3 is 10.2 Å². The fraction of sp³-hybridized carbons (Fsp3) is 0.429. The Hall–Kier alpha value is -0.980. The number of nitrogens with one attached hydrogen (secondary N) is 1. The molecule has 0 amide bonds. The Labute approximate surface area is 112 Å². The first-order valence-electron chi connectivity index (χ1n) is 6.01. The standard InChI is InChI=1S/C14H17BrN2/c15-7-2-1-4-13-5-3-6-14(12-13)17-10-8-16-9-11-17/h3,5-6,12,16H,2,7-11H2. The second-order valence-corrected chi connectivity index (χ2v) is 4.82. The molecular formula is C14H17BrN2. The summed E-state index contributed by atoms with van der Waals surface area (Å²) in [5, 5.41) is 4.31. The van der Waals surface area contributed by atoms with Crippen molar-refractivity contribution < 1.29 is 0 Å². The van der Waals surface area contributed by atoms with Gasteiger partial charge in [0.1, 0.15) is 0 Å². The van der Waals surface area contributed by atoms with E-state index < -0.39 is 0 Å². The average Bonchev–Trinajstić information content (AvgIpc) is 2.41. The predicted octanol–water partition coefficient (Wildman–Crippen LogP) is 2.23. The molecule has 1 aromatic carbocycles. The number of piperazine rings is 1. The first-order valence-corrected chi connectivity index (χ1v) is 7.13. The van der Waals surface area contributed by atoms with Gasteiger partial charge in [0.05, 0.1) is 0 Å². The van der Waals surface area contributed by atoms with Gasteiger partial charge in [0.25, 0.3) is 0 Å². The molecule has 0 atom stereocenters. The maximum absolute atomic E-state index is 3.38. The minimum Gasteiger partial charge on any atom is -0.369 e. The molecule has 1 aliphatic heterocycles. The molecule has 1 aliphatic rings. The zero-order chi connectivity index (χ0) is 11.9. The summed E-state index contributed by atoms with van der Waals surface area (Å²) >= 11 is 3.38. The van der Waals surface area contributed by atoms with Crippen molar-refractivity contribution in [2.45, 2.75) is 6.42 Å². The van der Waals surface area contributed by atoms with Crippen LogP contribution in [0.15, 0.2) is 24.3 Å². The fourth-order valence-electron chi connectivity index (χ4n) is 1.92. The summed E-state index contributed by atoms with van der Waals surface area (Å²) in [4.78, 5) is 2.41. The Kier molecular flexibility index (Phi) is 4.90. The lowest BCUT2D eigenvalue weighted by Crippen LogP contribution is -2.43. The molecule has 0 bridgehead atoms. The van der Waals surface area contributed by atoms with E-state index in [1.54, 1.807) is 0 Å². The van der Waals surface area contributed by atoms with Crippen LogP contribution in [-0.2, 0) is 0 Å². The third-order valence-electron chi connectivity index (χ3n) is 2.78. The molecule has 1 aromatic rings. The topological polar surface area (TPSA) is 15.3 Å². The van der Waals surface area contributed by atoms with Gasteiger partial charge in [0.2, 0.25) is 0 Å².